The molecule has 1 heteroatoms. The Labute approximate surface area is 75.9 Å². The van der Waals surface area contributed by atoms with Crippen LogP contribution in [-0.2, 0) is 0 Å². The number of nitrogens with one attached hydrogen (secondary N) is 1. The van der Waals surface area contributed by atoms with E-state index in [9.17, 15) is 0 Å². The minimum absolute atomic E-state index is 0.618. The topological polar surface area (TPSA) is 12.0 Å². The fourth-order valence-corrected chi connectivity index (χ4v) is 2.29. The zero-order valence-corrected chi connectivity index (χ0v) is 7.94. The van der Waals surface area contributed by atoms with Crippen LogP contribution in [0, 0.1) is 12.8 Å². The lowest BCUT2D eigenvalue weighted by Crippen LogP contribution is -2.42. The van der Waals surface area contributed by atoms with Crippen molar-refractivity contribution >= 4 is 0 Å². The van der Waals surface area contributed by atoms with E-state index in [1.54, 1.807) is 0 Å². The average molecular weight is 166 g/mol. The first-order chi connectivity index (χ1) is 5.87. The summed E-state index contributed by atoms with van der Waals surface area (Å²) in [6.45, 7) is 5.06. The highest BCUT2D eigenvalue weighted by Crippen LogP contribution is 2.50. The van der Waals surface area contributed by atoms with E-state index in [4.69, 9.17) is 0 Å². The number of hydrogen-bond donors (Lipinski definition) is 1. The molecule has 2 aliphatic rings. The molecule has 0 unspecified atom stereocenters. The van der Waals surface area contributed by atoms with E-state index in [0.29, 0.717) is 5.54 Å². The zero-order chi connectivity index (χ0) is 8.44. The molecule has 12 heavy (non-hydrogen) atoms. The molecule has 0 heterocycles. The van der Waals surface area contributed by atoms with Crippen LogP contribution in [0.1, 0.15) is 44.9 Å². The smallest absolute Gasteiger partial charge is 0.0211 e. The molecule has 0 atom stereocenters. The second-order valence-electron chi connectivity index (χ2n) is 4.42. The second kappa shape index (κ2) is 3.37. The predicted octanol–water partition coefficient (Wildman–Crippen LogP) is 2.52. The van der Waals surface area contributed by atoms with E-state index in [0.717, 1.165) is 12.3 Å². The lowest BCUT2D eigenvalue weighted by atomic mass is 9.78. The van der Waals surface area contributed by atoms with Crippen LogP contribution in [0.25, 0.3) is 0 Å². The van der Waals surface area contributed by atoms with Gasteiger partial charge in [-0.15, -0.1) is 0 Å². The summed E-state index contributed by atoms with van der Waals surface area (Å²) in [5.41, 5.74) is 0.618. The summed E-state index contributed by atoms with van der Waals surface area (Å²) in [5, 5.41) is 3.73. The quantitative estimate of drug-likeness (QED) is 0.619. The Balaban J connectivity index is 1.70. The van der Waals surface area contributed by atoms with Gasteiger partial charge in [-0.05, 0) is 44.6 Å². The summed E-state index contributed by atoms with van der Waals surface area (Å²) in [6.07, 6.45) is 9.64. The summed E-state index contributed by atoms with van der Waals surface area (Å²) in [4.78, 5) is 0. The first-order valence-corrected chi connectivity index (χ1v) is 5.42. The summed E-state index contributed by atoms with van der Waals surface area (Å²) in [6, 6.07) is 0. The Morgan fingerprint density at radius 3 is 2.50 bits per heavy atom. The van der Waals surface area contributed by atoms with Crippen molar-refractivity contribution < 1.29 is 0 Å². The monoisotopic (exact) mass is 166 g/mol. The van der Waals surface area contributed by atoms with Gasteiger partial charge in [0.2, 0.25) is 0 Å². The molecule has 69 valence electrons. The molecule has 0 saturated heterocycles. The molecule has 0 spiro atoms. The van der Waals surface area contributed by atoms with Gasteiger partial charge < -0.3 is 5.32 Å². The molecule has 0 aromatic carbocycles. The number of hydrogen-bond acceptors (Lipinski definition) is 1. The van der Waals surface area contributed by atoms with Crippen molar-refractivity contribution in [1.82, 2.24) is 5.32 Å². The second-order valence-corrected chi connectivity index (χ2v) is 4.42. The van der Waals surface area contributed by atoms with Crippen molar-refractivity contribution in [2.45, 2.75) is 50.5 Å². The Morgan fingerprint density at radius 2 is 2.08 bits per heavy atom. The molecular formula is C11H20N. The van der Waals surface area contributed by atoms with Gasteiger partial charge in [-0.2, -0.15) is 0 Å². The Kier molecular flexibility index (Phi) is 2.40. The summed E-state index contributed by atoms with van der Waals surface area (Å²) in [7, 11) is 0. The van der Waals surface area contributed by atoms with Crippen LogP contribution < -0.4 is 5.32 Å². The van der Waals surface area contributed by atoms with Crippen molar-refractivity contribution in [2.24, 2.45) is 5.92 Å². The Bertz CT molecular complexity index is 145. The van der Waals surface area contributed by atoms with E-state index >= 15 is 0 Å². The third-order valence-corrected chi connectivity index (χ3v) is 3.58. The van der Waals surface area contributed by atoms with Crippen LogP contribution in [0.15, 0.2) is 0 Å². The fraction of sp³-hybridized carbons (Fsp3) is 0.909. The van der Waals surface area contributed by atoms with Crippen LogP contribution in [0.2, 0.25) is 0 Å². The third kappa shape index (κ3) is 1.52. The maximum Gasteiger partial charge on any atom is 0.0211 e. The highest BCUT2D eigenvalue weighted by Gasteiger charge is 2.50. The van der Waals surface area contributed by atoms with Gasteiger partial charge in [0, 0.05) is 5.54 Å². The van der Waals surface area contributed by atoms with Gasteiger partial charge in [0.15, 0.2) is 0 Å². The first-order valence-electron chi connectivity index (χ1n) is 5.42. The number of unbranched alkanes of at least 4 members (excludes halogenated alkanes) is 1. The summed E-state index contributed by atoms with van der Waals surface area (Å²) in [5.74, 6) is 1.03. The van der Waals surface area contributed by atoms with Crippen LogP contribution in [0.4, 0.5) is 0 Å². The molecule has 0 aromatic rings. The van der Waals surface area contributed by atoms with Crippen molar-refractivity contribution in [1.29, 1.82) is 0 Å². The molecular weight excluding hydrogens is 146 g/mol. The van der Waals surface area contributed by atoms with E-state index < -0.39 is 0 Å². The molecule has 2 saturated carbocycles. The van der Waals surface area contributed by atoms with Crippen molar-refractivity contribution in [2.75, 3.05) is 6.54 Å². The summed E-state index contributed by atoms with van der Waals surface area (Å²) < 4.78 is 0. The third-order valence-electron chi connectivity index (χ3n) is 3.58. The minimum Gasteiger partial charge on any atom is -0.311 e. The molecule has 2 fully saturated rings. The van der Waals surface area contributed by atoms with Gasteiger partial charge >= 0.3 is 0 Å². The lowest BCUT2D eigenvalue weighted by Gasteiger charge is -2.35. The maximum atomic E-state index is 3.86. The van der Waals surface area contributed by atoms with Crippen molar-refractivity contribution in [3.8, 4) is 0 Å². The molecule has 1 N–H and O–H groups in total. The van der Waals surface area contributed by atoms with Gasteiger partial charge in [0.25, 0.3) is 0 Å². The van der Waals surface area contributed by atoms with Crippen molar-refractivity contribution in [3.05, 3.63) is 6.92 Å². The Hall–Kier alpha value is -0.0400. The highest BCUT2D eigenvalue weighted by atomic mass is 15.0. The SMILES string of the molecule is [CH2]CCCNC1(C2CCC2)CC1. The van der Waals surface area contributed by atoms with Gasteiger partial charge in [-0.25, -0.2) is 0 Å². The van der Waals surface area contributed by atoms with Gasteiger partial charge in [-0.3, -0.25) is 0 Å². The maximum absolute atomic E-state index is 3.86. The lowest BCUT2D eigenvalue weighted by molar-refractivity contribution is 0.212. The van der Waals surface area contributed by atoms with Crippen LogP contribution >= 0.6 is 0 Å². The molecule has 0 aliphatic heterocycles. The average Bonchev–Trinajstić information content (AvgIpc) is 2.66. The van der Waals surface area contributed by atoms with E-state index in [1.807, 2.05) is 0 Å². The molecule has 1 radical (unpaired) electrons. The van der Waals surface area contributed by atoms with Gasteiger partial charge in [0.1, 0.15) is 0 Å². The molecule has 0 amide bonds. The van der Waals surface area contributed by atoms with E-state index in [1.165, 1.54) is 45.1 Å². The molecule has 0 bridgehead atoms. The number of rotatable bonds is 5. The standard InChI is InChI=1S/C11H20N/c1-2-3-9-12-11(7-8-11)10-5-4-6-10/h10,12H,1-9H2. The molecule has 0 aromatic heterocycles. The summed E-state index contributed by atoms with van der Waals surface area (Å²) >= 11 is 0. The van der Waals surface area contributed by atoms with Crippen LogP contribution in [0.3, 0.4) is 0 Å². The fourth-order valence-electron chi connectivity index (χ4n) is 2.29. The highest BCUT2D eigenvalue weighted by molar-refractivity contribution is 5.08. The zero-order valence-electron chi connectivity index (χ0n) is 7.94. The first kappa shape index (κ1) is 8.55. The molecule has 2 rings (SSSR count). The van der Waals surface area contributed by atoms with Crippen molar-refractivity contribution in [3.63, 3.8) is 0 Å². The Morgan fingerprint density at radius 1 is 1.33 bits per heavy atom. The van der Waals surface area contributed by atoms with Crippen LogP contribution in [-0.4, -0.2) is 12.1 Å². The molecule has 2 aliphatic carbocycles. The largest absolute Gasteiger partial charge is 0.311 e. The normalized spacial score (nSPS) is 26.8. The minimum atomic E-state index is 0.618. The van der Waals surface area contributed by atoms with E-state index in [-0.39, 0.29) is 0 Å². The van der Waals surface area contributed by atoms with Gasteiger partial charge in [0.05, 0.1) is 0 Å². The molecule has 1 nitrogen and oxygen atoms in total. The van der Waals surface area contributed by atoms with Gasteiger partial charge in [-0.1, -0.05) is 19.8 Å². The van der Waals surface area contributed by atoms with E-state index in [2.05, 4.69) is 12.2 Å². The predicted molar refractivity (Wildman–Crippen MR) is 51.9 cm³/mol. The van der Waals surface area contributed by atoms with Crippen LogP contribution in [0.5, 0.6) is 0 Å².